The molecule has 1 fully saturated rings. The lowest BCUT2D eigenvalue weighted by Crippen LogP contribution is -2.60. The number of para-hydroxylation sites is 1. The quantitative estimate of drug-likeness (QED) is 0.877. The lowest BCUT2D eigenvalue weighted by molar-refractivity contribution is 0.170. The number of piperidine rings is 1. The van der Waals surface area contributed by atoms with Crippen LogP contribution in [0.3, 0.4) is 0 Å². The fourth-order valence-corrected chi connectivity index (χ4v) is 4.48. The van der Waals surface area contributed by atoms with Gasteiger partial charge in [0.05, 0.1) is 10.2 Å². The highest BCUT2D eigenvalue weighted by Gasteiger charge is 2.37. The molecule has 4 heteroatoms. The molecule has 0 radical (unpaired) electrons. The van der Waals surface area contributed by atoms with Gasteiger partial charge in [0.15, 0.2) is 5.13 Å². The molecule has 0 atom stereocenters. The maximum absolute atomic E-state index is 4.69. The molecule has 108 valence electrons. The fraction of sp³-hybridized carbons (Fsp3) is 0.562. The van der Waals surface area contributed by atoms with E-state index in [1.54, 1.807) is 11.3 Å². The van der Waals surface area contributed by atoms with E-state index in [1.807, 2.05) is 6.07 Å². The minimum Gasteiger partial charge on any atom is -0.359 e. The first-order valence-electron chi connectivity index (χ1n) is 7.25. The Bertz CT molecular complexity index is 566. The number of hydrogen-bond donors (Lipinski definition) is 2. The molecule has 2 heterocycles. The number of nitrogens with one attached hydrogen (secondary N) is 2. The smallest absolute Gasteiger partial charge is 0.184 e. The summed E-state index contributed by atoms with van der Waals surface area (Å²) in [5.74, 6) is 0. The van der Waals surface area contributed by atoms with Gasteiger partial charge in [0.1, 0.15) is 0 Å². The Hall–Kier alpha value is -1.13. The second-order valence-electron chi connectivity index (χ2n) is 7.13. The summed E-state index contributed by atoms with van der Waals surface area (Å²) < 4.78 is 1.25. The average molecular weight is 289 g/mol. The third-order valence-electron chi connectivity index (χ3n) is 3.81. The van der Waals surface area contributed by atoms with E-state index >= 15 is 0 Å². The van der Waals surface area contributed by atoms with Crippen molar-refractivity contribution in [2.45, 2.75) is 57.7 Å². The fourth-order valence-electron chi connectivity index (χ4n) is 3.53. The minimum atomic E-state index is 0.163. The van der Waals surface area contributed by atoms with Crippen LogP contribution < -0.4 is 10.6 Å². The van der Waals surface area contributed by atoms with Crippen molar-refractivity contribution >= 4 is 26.7 Å². The van der Waals surface area contributed by atoms with Crippen LogP contribution in [0.4, 0.5) is 5.13 Å². The molecule has 0 unspecified atom stereocenters. The standard InChI is InChI=1S/C16H23N3S/c1-15(2)9-11(10-16(3,4)19-15)17-14-18-12-7-5-6-8-13(12)20-14/h5-8,11,19H,9-10H2,1-4H3,(H,17,18). The monoisotopic (exact) mass is 289 g/mol. The average Bonchev–Trinajstić information content (AvgIpc) is 2.66. The van der Waals surface area contributed by atoms with Crippen molar-refractivity contribution in [3.05, 3.63) is 24.3 Å². The van der Waals surface area contributed by atoms with Crippen LogP contribution in [-0.4, -0.2) is 22.1 Å². The van der Waals surface area contributed by atoms with Crippen molar-refractivity contribution in [3.8, 4) is 0 Å². The van der Waals surface area contributed by atoms with Gasteiger partial charge in [-0.1, -0.05) is 23.5 Å². The lowest BCUT2D eigenvalue weighted by Gasteiger charge is -2.46. The number of thiazole rings is 1. The summed E-state index contributed by atoms with van der Waals surface area (Å²) in [6.45, 7) is 9.11. The molecule has 0 aliphatic carbocycles. The zero-order valence-corrected chi connectivity index (χ0v) is 13.5. The molecular weight excluding hydrogens is 266 g/mol. The van der Waals surface area contributed by atoms with Gasteiger partial charge in [0.2, 0.25) is 0 Å². The van der Waals surface area contributed by atoms with Gasteiger partial charge >= 0.3 is 0 Å². The highest BCUT2D eigenvalue weighted by atomic mass is 32.1. The first-order chi connectivity index (χ1) is 9.33. The third-order valence-corrected chi connectivity index (χ3v) is 4.78. The van der Waals surface area contributed by atoms with Gasteiger partial charge in [0, 0.05) is 17.1 Å². The second kappa shape index (κ2) is 4.71. The Morgan fingerprint density at radius 2 is 1.80 bits per heavy atom. The van der Waals surface area contributed by atoms with Crippen LogP contribution in [-0.2, 0) is 0 Å². The van der Waals surface area contributed by atoms with E-state index in [0.29, 0.717) is 6.04 Å². The molecule has 1 saturated heterocycles. The van der Waals surface area contributed by atoms with E-state index in [0.717, 1.165) is 23.5 Å². The predicted octanol–water partition coefficient (Wildman–Crippen LogP) is 4.02. The summed E-state index contributed by atoms with van der Waals surface area (Å²) in [7, 11) is 0. The molecular formula is C16H23N3S. The van der Waals surface area contributed by atoms with Crippen LogP contribution in [0.15, 0.2) is 24.3 Å². The molecule has 1 aromatic heterocycles. The molecule has 1 aromatic carbocycles. The number of anilines is 1. The highest BCUT2D eigenvalue weighted by molar-refractivity contribution is 7.22. The number of aromatic nitrogens is 1. The van der Waals surface area contributed by atoms with Crippen molar-refractivity contribution in [1.82, 2.24) is 10.3 Å². The largest absolute Gasteiger partial charge is 0.359 e. The van der Waals surface area contributed by atoms with Crippen molar-refractivity contribution in [2.24, 2.45) is 0 Å². The zero-order valence-electron chi connectivity index (χ0n) is 12.7. The van der Waals surface area contributed by atoms with Crippen LogP contribution in [0.5, 0.6) is 0 Å². The number of nitrogens with zero attached hydrogens (tertiary/aromatic N) is 1. The maximum atomic E-state index is 4.69. The summed E-state index contributed by atoms with van der Waals surface area (Å²) in [5.41, 5.74) is 1.42. The number of hydrogen-bond acceptors (Lipinski definition) is 4. The molecule has 3 rings (SSSR count). The SMILES string of the molecule is CC1(C)CC(Nc2nc3ccccc3s2)CC(C)(C)N1. The molecule has 0 saturated carbocycles. The molecule has 1 aliphatic rings. The summed E-state index contributed by atoms with van der Waals surface area (Å²) in [5, 5.41) is 8.41. The Balaban J connectivity index is 1.79. The first kappa shape index (κ1) is 13.8. The number of benzene rings is 1. The van der Waals surface area contributed by atoms with Gasteiger partial charge in [-0.15, -0.1) is 0 Å². The lowest BCUT2D eigenvalue weighted by atomic mass is 9.80. The van der Waals surface area contributed by atoms with Crippen LogP contribution >= 0.6 is 11.3 Å². The molecule has 0 amide bonds. The normalized spacial score (nSPS) is 22.0. The molecule has 2 N–H and O–H groups in total. The predicted molar refractivity (Wildman–Crippen MR) is 87.6 cm³/mol. The van der Waals surface area contributed by atoms with E-state index in [-0.39, 0.29) is 11.1 Å². The van der Waals surface area contributed by atoms with Crippen LogP contribution in [0.2, 0.25) is 0 Å². The van der Waals surface area contributed by atoms with E-state index < -0.39 is 0 Å². The van der Waals surface area contributed by atoms with E-state index in [9.17, 15) is 0 Å². The number of rotatable bonds is 2. The van der Waals surface area contributed by atoms with Gasteiger partial charge in [-0.25, -0.2) is 4.98 Å². The molecule has 3 nitrogen and oxygen atoms in total. The van der Waals surface area contributed by atoms with Gasteiger partial charge in [0.25, 0.3) is 0 Å². The number of fused-ring (bicyclic) bond motifs is 1. The summed E-state index contributed by atoms with van der Waals surface area (Å²) in [6.07, 6.45) is 2.23. The van der Waals surface area contributed by atoms with Gasteiger partial charge in [-0.05, 0) is 52.7 Å². The van der Waals surface area contributed by atoms with Crippen LogP contribution in [0.25, 0.3) is 10.2 Å². The first-order valence-corrected chi connectivity index (χ1v) is 8.06. The van der Waals surface area contributed by atoms with Gasteiger partial charge in [-0.3, -0.25) is 0 Å². The topological polar surface area (TPSA) is 37.0 Å². The van der Waals surface area contributed by atoms with Crippen LogP contribution in [0.1, 0.15) is 40.5 Å². The molecule has 0 spiro atoms. The second-order valence-corrected chi connectivity index (χ2v) is 8.16. The van der Waals surface area contributed by atoms with Crippen molar-refractivity contribution in [1.29, 1.82) is 0 Å². The third kappa shape index (κ3) is 2.96. The van der Waals surface area contributed by atoms with E-state index in [1.165, 1.54) is 4.70 Å². The molecule has 1 aliphatic heterocycles. The maximum Gasteiger partial charge on any atom is 0.184 e. The summed E-state index contributed by atoms with van der Waals surface area (Å²) in [4.78, 5) is 4.69. The van der Waals surface area contributed by atoms with E-state index in [2.05, 4.69) is 61.5 Å². The van der Waals surface area contributed by atoms with E-state index in [4.69, 9.17) is 0 Å². The van der Waals surface area contributed by atoms with Crippen molar-refractivity contribution in [3.63, 3.8) is 0 Å². The Morgan fingerprint density at radius 3 is 2.45 bits per heavy atom. The van der Waals surface area contributed by atoms with Crippen molar-refractivity contribution in [2.75, 3.05) is 5.32 Å². The van der Waals surface area contributed by atoms with Crippen molar-refractivity contribution < 1.29 is 0 Å². The van der Waals surface area contributed by atoms with Gasteiger partial charge < -0.3 is 10.6 Å². The Morgan fingerprint density at radius 1 is 1.15 bits per heavy atom. The molecule has 20 heavy (non-hydrogen) atoms. The molecule has 0 bridgehead atoms. The minimum absolute atomic E-state index is 0.163. The summed E-state index contributed by atoms with van der Waals surface area (Å²) >= 11 is 1.75. The van der Waals surface area contributed by atoms with Crippen LogP contribution in [0, 0.1) is 0 Å². The Labute approximate surface area is 124 Å². The summed E-state index contributed by atoms with van der Waals surface area (Å²) in [6, 6.07) is 8.80. The highest BCUT2D eigenvalue weighted by Crippen LogP contribution is 2.32. The Kier molecular flexibility index (Phi) is 3.26. The molecule has 2 aromatic rings. The zero-order chi connectivity index (χ0) is 14.4. The van der Waals surface area contributed by atoms with Gasteiger partial charge in [-0.2, -0.15) is 0 Å².